The first-order chi connectivity index (χ1) is 12.3. The summed E-state index contributed by atoms with van der Waals surface area (Å²) >= 11 is 0. The molecule has 0 saturated carbocycles. The van der Waals surface area contributed by atoms with Crippen LogP contribution in [0.5, 0.6) is 0 Å². The molecule has 3 nitrogen and oxygen atoms in total. The molecule has 4 rings (SSSR count). The number of hydrogen-bond donors (Lipinski definition) is 1. The van der Waals surface area contributed by atoms with Crippen molar-refractivity contribution < 1.29 is 4.39 Å². The van der Waals surface area contributed by atoms with Gasteiger partial charge in [0.05, 0.1) is 12.1 Å². The summed E-state index contributed by atoms with van der Waals surface area (Å²) in [6.45, 7) is 0. The first-order valence-corrected chi connectivity index (χ1v) is 7.86. The number of nitrogens with one attached hydrogen (secondary N) is 1. The summed E-state index contributed by atoms with van der Waals surface area (Å²) in [7, 11) is 0. The van der Waals surface area contributed by atoms with Gasteiger partial charge in [-0.1, -0.05) is 0 Å². The molecule has 0 unspecified atom stereocenters. The Labute approximate surface area is 145 Å². The summed E-state index contributed by atoms with van der Waals surface area (Å²) < 4.78 is 13.3. The van der Waals surface area contributed by atoms with E-state index in [1.54, 1.807) is 36.9 Å². The summed E-state index contributed by atoms with van der Waals surface area (Å²) in [4.78, 5) is 11.4. The monoisotopic (exact) mass is 327 g/mol. The fourth-order valence-electron chi connectivity index (χ4n) is 2.78. The van der Waals surface area contributed by atoms with Gasteiger partial charge >= 0.3 is 0 Å². The molecule has 0 aliphatic carbocycles. The van der Waals surface area contributed by atoms with Crippen molar-refractivity contribution in [3.63, 3.8) is 0 Å². The van der Waals surface area contributed by atoms with Gasteiger partial charge in [0.15, 0.2) is 0 Å². The molecule has 3 heterocycles. The Morgan fingerprint density at radius 2 is 1.40 bits per heavy atom. The lowest BCUT2D eigenvalue weighted by molar-refractivity contribution is 0.628. The molecule has 4 aromatic rings. The first kappa shape index (κ1) is 15.3. The predicted molar refractivity (Wildman–Crippen MR) is 95.1 cm³/mol. The smallest absolute Gasteiger partial charge is 0.123 e. The molecule has 0 saturated heterocycles. The van der Waals surface area contributed by atoms with Crippen molar-refractivity contribution in [1.29, 1.82) is 0 Å². The third kappa shape index (κ3) is 3.19. The van der Waals surface area contributed by atoms with E-state index in [1.807, 2.05) is 30.5 Å². The molecular formula is C21H14FN3. The molecular weight excluding hydrogens is 313 g/mol. The van der Waals surface area contributed by atoms with Gasteiger partial charge in [-0.25, -0.2) is 4.39 Å². The Balaban J connectivity index is 1.83. The third-order valence-electron chi connectivity index (χ3n) is 3.94. The number of pyridine rings is 2. The van der Waals surface area contributed by atoms with Crippen LogP contribution >= 0.6 is 0 Å². The number of nitrogens with zero attached hydrogens (tertiary/aromatic N) is 2. The second-order valence-corrected chi connectivity index (χ2v) is 5.56. The quantitative estimate of drug-likeness (QED) is 0.587. The molecule has 1 N–H and O–H groups in total. The summed E-state index contributed by atoms with van der Waals surface area (Å²) in [6, 6.07) is 14.2. The van der Waals surface area contributed by atoms with Crippen molar-refractivity contribution in [2.45, 2.75) is 0 Å². The van der Waals surface area contributed by atoms with E-state index in [4.69, 9.17) is 0 Å². The van der Waals surface area contributed by atoms with E-state index in [0.29, 0.717) is 0 Å². The highest BCUT2D eigenvalue weighted by atomic mass is 19.1. The Morgan fingerprint density at radius 1 is 0.760 bits per heavy atom. The molecule has 4 heteroatoms. The van der Waals surface area contributed by atoms with Gasteiger partial charge in [0.1, 0.15) is 5.82 Å². The molecule has 0 aliphatic heterocycles. The first-order valence-electron chi connectivity index (χ1n) is 7.86. The van der Waals surface area contributed by atoms with Crippen molar-refractivity contribution in [3.05, 3.63) is 103 Å². The van der Waals surface area contributed by atoms with E-state index in [2.05, 4.69) is 21.4 Å². The topological polar surface area (TPSA) is 41.6 Å². The Hall–Kier alpha value is -3.27. The molecule has 0 spiro atoms. The Bertz CT molecular complexity index is 961. The van der Waals surface area contributed by atoms with Gasteiger partial charge in [0.2, 0.25) is 0 Å². The maximum absolute atomic E-state index is 13.3. The standard InChI is InChI=1S/C21H14FN3/c22-19-3-1-17(2-4-19)21-20(16-7-11-24-12-8-16)18(14-25-21)13-15-5-9-23-10-6-15/h1-12,14,25H. The van der Waals surface area contributed by atoms with Crippen molar-refractivity contribution in [2.24, 2.45) is 0 Å². The molecule has 0 amide bonds. The number of benzene rings is 1. The van der Waals surface area contributed by atoms with Crippen LogP contribution in [0.2, 0.25) is 0 Å². The van der Waals surface area contributed by atoms with E-state index in [-0.39, 0.29) is 5.82 Å². The molecule has 1 aromatic carbocycles. The highest BCUT2D eigenvalue weighted by Gasteiger charge is 2.16. The van der Waals surface area contributed by atoms with Crippen LogP contribution in [0, 0.1) is 12.2 Å². The lowest BCUT2D eigenvalue weighted by Crippen LogP contribution is -1.89. The molecule has 2 radical (unpaired) electrons. The second-order valence-electron chi connectivity index (χ2n) is 5.56. The van der Waals surface area contributed by atoms with E-state index >= 15 is 0 Å². The minimum atomic E-state index is -0.254. The molecule has 25 heavy (non-hydrogen) atoms. The molecule has 0 bridgehead atoms. The summed E-state index contributed by atoms with van der Waals surface area (Å²) in [5.74, 6) is -0.254. The number of halogens is 1. The Kier molecular flexibility index (Phi) is 4.09. The highest BCUT2D eigenvalue weighted by Crippen LogP contribution is 2.36. The van der Waals surface area contributed by atoms with E-state index in [1.165, 1.54) is 12.1 Å². The minimum absolute atomic E-state index is 0.254. The zero-order valence-electron chi connectivity index (χ0n) is 13.3. The summed E-state index contributed by atoms with van der Waals surface area (Å²) in [5.41, 5.74) is 5.73. The van der Waals surface area contributed by atoms with Crippen molar-refractivity contribution >= 4 is 0 Å². The largest absolute Gasteiger partial charge is 0.360 e. The molecule has 3 aromatic heterocycles. The fraction of sp³-hybridized carbons (Fsp3) is 0. The van der Waals surface area contributed by atoms with Crippen LogP contribution in [0.4, 0.5) is 4.39 Å². The summed E-state index contributed by atoms with van der Waals surface area (Å²) in [6.07, 6.45) is 12.3. The van der Waals surface area contributed by atoms with Gasteiger partial charge in [-0.2, -0.15) is 0 Å². The van der Waals surface area contributed by atoms with Crippen molar-refractivity contribution in [2.75, 3.05) is 0 Å². The van der Waals surface area contributed by atoms with Crippen LogP contribution in [0.3, 0.4) is 0 Å². The van der Waals surface area contributed by atoms with Gasteiger partial charge in [-0.15, -0.1) is 0 Å². The molecule has 0 fully saturated rings. The van der Waals surface area contributed by atoms with Crippen LogP contribution in [0.15, 0.2) is 79.5 Å². The lowest BCUT2D eigenvalue weighted by atomic mass is 9.95. The SMILES string of the molecule is Fc1ccc(-c2[nH]cc([C]c3ccncc3)c2-c2ccncc2)cc1. The number of aromatic amines is 1. The van der Waals surface area contributed by atoms with Gasteiger partial charge in [-0.05, 0) is 70.8 Å². The normalized spacial score (nSPS) is 10.8. The second kappa shape index (κ2) is 6.69. The van der Waals surface area contributed by atoms with Crippen LogP contribution in [-0.4, -0.2) is 15.0 Å². The fourth-order valence-corrected chi connectivity index (χ4v) is 2.78. The summed E-state index contributed by atoms with van der Waals surface area (Å²) in [5, 5.41) is 0. The maximum atomic E-state index is 13.3. The number of H-pyrrole nitrogens is 1. The van der Waals surface area contributed by atoms with Gasteiger partial charge < -0.3 is 4.98 Å². The maximum Gasteiger partial charge on any atom is 0.123 e. The number of rotatable bonds is 4. The zero-order valence-corrected chi connectivity index (χ0v) is 13.3. The molecule has 120 valence electrons. The van der Waals surface area contributed by atoms with Crippen molar-refractivity contribution in [1.82, 2.24) is 15.0 Å². The van der Waals surface area contributed by atoms with Crippen molar-refractivity contribution in [3.8, 4) is 22.4 Å². The molecule has 0 aliphatic rings. The molecule has 0 atom stereocenters. The van der Waals surface area contributed by atoms with Gasteiger partial charge in [-0.3, -0.25) is 9.97 Å². The number of hydrogen-bond acceptors (Lipinski definition) is 2. The van der Waals surface area contributed by atoms with E-state index in [0.717, 1.165) is 33.5 Å². The average Bonchev–Trinajstić information content (AvgIpc) is 3.07. The lowest BCUT2D eigenvalue weighted by Gasteiger charge is -2.08. The van der Waals surface area contributed by atoms with E-state index < -0.39 is 0 Å². The van der Waals surface area contributed by atoms with Gasteiger partial charge in [0, 0.05) is 36.5 Å². The Morgan fingerprint density at radius 3 is 2.08 bits per heavy atom. The van der Waals surface area contributed by atoms with Gasteiger partial charge in [0.25, 0.3) is 0 Å². The minimum Gasteiger partial charge on any atom is -0.360 e. The third-order valence-corrected chi connectivity index (χ3v) is 3.94. The average molecular weight is 327 g/mol. The van der Waals surface area contributed by atoms with Crippen LogP contribution in [-0.2, 0) is 0 Å². The highest BCUT2D eigenvalue weighted by molar-refractivity contribution is 5.85. The zero-order chi connectivity index (χ0) is 17.1. The van der Waals surface area contributed by atoms with Crippen LogP contribution < -0.4 is 0 Å². The van der Waals surface area contributed by atoms with Crippen LogP contribution in [0.25, 0.3) is 22.4 Å². The predicted octanol–water partition coefficient (Wildman–Crippen LogP) is 4.76. The van der Waals surface area contributed by atoms with E-state index in [9.17, 15) is 4.39 Å². The number of aromatic nitrogens is 3. The van der Waals surface area contributed by atoms with Crippen LogP contribution in [0.1, 0.15) is 11.1 Å².